The number of carboxylic acid groups (broad SMARTS) is 1. The zero-order valence-electron chi connectivity index (χ0n) is 13.1. The summed E-state index contributed by atoms with van der Waals surface area (Å²) in [6.45, 7) is 1.43. The van der Waals surface area contributed by atoms with Crippen molar-refractivity contribution in [1.29, 1.82) is 0 Å². The van der Waals surface area contributed by atoms with Crippen molar-refractivity contribution in [2.24, 2.45) is 11.8 Å². The monoisotopic (exact) mass is 371 g/mol. The summed E-state index contributed by atoms with van der Waals surface area (Å²) >= 11 is 12.0. The van der Waals surface area contributed by atoms with E-state index in [0.29, 0.717) is 49.0 Å². The topological polar surface area (TPSA) is 66.8 Å². The summed E-state index contributed by atoms with van der Waals surface area (Å²) in [6.07, 6.45) is 1.41. The molecule has 1 amide bonds. The quantitative estimate of drug-likeness (QED) is 0.883. The number of rotatable bonds is 3. The molecule has 1 aromatic rings. The van der Waals surface area contributed by atoms with Gasteiger partial charge in [-0.1, -0.05) is 29.3 Å². The maximum Gasteiger partial charge on any atom is 0.306 e. The first-order valence-corrected chi connectivity index (χ1v) is 8.79. The van der Waals surface area contributed by atoms with Crippen molar-refractivity contribution in [3.63, 3.8) is 0 Å². The van der Waals surface area contributed by atoms with Crippen molar-refractivity contribution < 1.29 is 19.4 Å². The van der Waals surface area contributed by atoms with Gasteiger partial charge in [0.15, 0.2) is 0 Å². The molecule has 3 atom stereocenters. The van der Waals surface area contributed by atoms with Crippen LogP contribution in [0.4, 0.5) is 0 Å². The number of amides is 1. The van der Waals surface area contributed by atoms with Gasteiger partial charge in [0.25, 0.3) is 0 Å². The standard InChI is InChI=1S/C17H19Cl2NO4/c18-13-4-3-10(8-14(13)19)15-9-20(5-6-24-15)16(21)11-1-2-12(7-11)17(22)23/h3-4,8,11-12,15H,1-2,5-7,9H2,(H,22,23)/t11-,12+,15?/m0/s1. The molecule has 2 aliphatic rings. The summed E-state index contributed by atoms with van der Waals surface area (Å²) in [5.41, 5.74) is 0.886. The number of halogens is 2. The lowest BCUT2D eigenvalue weighted by Gasteiger charge is -2.34. The summed E-state index contributed by atoms with van der Waals surface area (Å²) in [7, 11) is 0. The first-order chi connectivity index (χ1) is 11.5. The van der Waals surface area contributed by atoms with Gasteiger partial charge in [0.1, 0.15) is 6.10 Å². The number of carbonyl (C=O) groups is 2. The van der Waals surface area contributed by atoms with Crippen LogP contribution < -0.4 is 0 Å². The Bertz CT molecular complexity index is 651. The van der Waals surface area contributed by atoms with E-state index in [9.17, 15) is 9.59 Å². The molecule has 1 N–H and O–H groups in total. The van der Waals surface area contributed by atoms with Gasteiger partial charge in [0.2, 0.25) is 5.91 Å². The van der Waals surface area contributed by atoms with Crippen LogP contribution in [0.5, 0.6) is 0 Å². The lowest BCUT2D eigenvalue weighted by molar-refractivity contribution is -0.144. The van der Waals surface area contributed by atoms with Crippen LogP contribution in [0.1, 0.15) is 30.9 Å². The lowest BCUT2D eigenvalue weighted by Crippen LogP contribution is -2.44. The molecule has 0 bridgehead atoms. The molecule has 130 valence electrons. The highest BCUT2D eigenvalue weighted by Crippen LogP contribution is 2.34. The van der Waals surface area contributed by atoms with Crippen molar-refractivity contribution in [2.45, 2.75) is 25.4 Å². The first-order valence-electron chi connectivity index (χ1n) is 8.04. The van der Waals surface area contributed by atoms with Crippen molar-refractivity contribution in [3.05, 3.63) is 33.8 Å². The molecule has 5 nitrogen and oxygen atoms in total. The average molecular weight is 372 g/mol. The molecular weight excluding hydrogens is 353 g/mol. The minimum absolute atomic E-state index is 0.0344. The second-order valence-electron chi connectivity index (χ2n) is 6.36. The third kappa shape index (κ3) is 3.68. The average Bonchev–Trinajstić information content (AvgIpc) is 3.07. The molecule has 2 fully saturated rings. The van der Waals surface area contributed by atoms with Crippen LogP contribution in [0, 0.1) is 11.8 Å². The van der Waals surface area contributed by atoms with Gasteiger partial charge in [0.05, 0.1) is 29.1 Å². The Hall–Kier alpha value is -1.30. The second kappa shape index (κ2) is 7.30. The fourth-order valence-corrected chi connectivity index (χ4v) is 3.76. The van der Waals surface area contributed by atoms with Gasteiger partial charge in [-0.05, 0) is 37.0 Å². The molecule has 7 heteroatoms. The van der Waals surface area contributed by atoms with Crippen LogP contribution in [0.25, 0.3) is 0 Å². The molecule has 1 aliphatic heterocycles. The van der Waals surface area contributed by atoms with E-state index in [0.717, 1.165) is 5.56 Å². The third-order valence-electron chi connectivity index (χ3n) is 4.82. The SMILES string of the molecule is O=C(O)[C@@H]1CC[C@H](C(=O)N2CCOC(c3ccc(Cl)c(Cl)c3)C2)C1. The van der Waals surface area contributed by atoms with Crippen LogP contribution in [0.15, 0.2) is 18.2 Å². The van der Waals surface area contributed by atoms with E-state index in [-0.39, 0.29) is 17.9 Å². The largest absolute Gasteiger partial charge is 0.481 e. The van der Waals surface area contributed by atoms with E-state index in [1.807, 2.05) is 6.07 Å². The van der Waals surface area contributed by atoms with Crippen molar-refractivity contribution >= 4 is 35.1 Å². The van der Waals surface area contributed by atoms with Gasteiger partial charge in [0, 0.05) is 12.5 Å². The number of morpholine rings is 1. The fraction of sp³-hybridized carbons (Fsp3) is 0.529. The predicted molar refractivity (Wildman–Crippen MR) is 90.2 cm³/mol. The van der Waals surface area contributed by atoms with E-state index in [1.54, 1.807) is 17.0 Å². The van der Waals surface area contributed by atoms with Crippen LogP contribution in [-0.4, -0.2) is 41.6 Å². The van der Waals surface area contributed by atoms with Gasteiger partial charge in [-0.2, -0.15) is 0 Å². The van der Waals surface area contributed by atoms with Crippen LogP contribution >= 0.6 is 23.2 Å². The zero-order chi connectivity index (χ0) is 17.3. The summed E-state index contributed by atoms with van der Waals surface area (Å²) in [5.74, 6) is -1.36. The summed E-state index contributed by atoms with van der Waals surface area (Å²) in [6, 6.07) is 5.33. The second-order valence-corrected chi connectivity index (χ2v) is 7.18. The van der Waals surface area contributed by atoms with Gasteiger partial charge in [-0.15, -0.1) is 0 Å². The fourth-order valence-electron chi connectivity index (χ4n) is 3.45. The molecule has 3 rings (SSSR count). The van der Waals surface area contributed by atoms with Crippen molar-refractivity contribution in [2.75, 3.05) is 19.7 Å². The predicted octanol–water partition coefficient (Wildman–Crippen LogP) is 3.39. The van der Waals surface area contributed by atoms with E-state index in [4.69, 9.17) is 33.0 Å². The van der Waals surface area contributed by atoms with E-state index in [2.05, 4.69) is 0 Å². The van der Waals surface area contributed by atoms with Crippen molar-refractivity contribution in [3.8, 4) is 0 Å². The Kier molecular flexibility index (Phi) is 5.33. The minimum Gasteiger partial charge on any atom is -0.481 e. The molecule has 1 heterocycles. The molecule has 0 aromatic heterocycles. The number of ether oxygens (including phenoxy) is 1. The van der Waals surface area contributed by atoms with Gasteiger partial charge in [-0.3, -0.25) is 9.59 Å². The molecule has 1 saturated heterocycles. The van der Waals surface area contributed by atoms with Crippen LogP contribution in [0.3, 0.4) is 0 Å². The molecule has 0 spiro atoms. The van der Waals surface area contributed by atoms with Gasteiger partial charge in [-0.25, -0.2) is 0 Å². The maximum atomic E-state index is 12.7. The lowest BCUT2D eigenvalue weighted by atomic mass is 10.0. The third-order valence-corrected chi connectivity index (χ3v) is 5.56. The highest BCUT2D eigenvalue weighted by Gasteiger charge is 2.37. The number of nitrogens with zero attached hydrogens (tertiary/aromatic N) is 1. The number of carboxylic acids is 1. The molecule has 0 radical (unpaired) electrons. The minimum atomic E-state index is -0.805. The Morgan fingerprint density at radius 2 is 1.92 bits per heavy atom. The summed E-state index contributed by atoms with van der Waals surface area (Å²) < 4.78 is 5.77. The number of benzene rings is 1. The molecule has 1 unspecified atom stereocenters. The summed E-state index contributed by atoms with van der Waals surface area (Å²) in [4.78, 5) is 25.6. The highest BCUT2D eigenvalue weighted by atomic mass is 35.5. The molecule has 1 aromatic carbocycles. The number of aliphatic carboxylic acids is 1. The Morgan fingerprint density at radius 1 is 1.17 bits per heavy atom. The Balaban J connectivity index is 1.66. The van der Waals surface area contributed by atoms with Crippen LogP contribution in [0.2, 0.25) is 10.0 Å². The molecule has 1 aliphatic carbocycles. The first kappa shape index (κ1) is 17.5. The summed E-state index contributed by atoms with van der Waals surface area (Å²) in [5, 5.41) is 10.0. The van der Waals surface area contributed by atoms with Gasteiger partial charge < -0.3 is 14.7 Å². The van der Waals surface area contributed by atoms with Gasteiger partial charge >= 0.3 is 5.97 Å². The molecule has 24 heavy (non-hydrogen) atoms. The number of carbonyl (C=O) groups excluding carboxylic acids is 1. The van der Waals surface area contributed by atoms with E-state index >= 15 is 0 Å². The number of hydrogen-bond donors (Lipinski definition) is 1. The molecule has 1 saturated carbocycles. The highest BCUT2D eigenvalue weighted by molar-refractivity contribution is 6.42. The Morgan fingerprint density at radius 3 is 2.58 bits per heavy atom. The van der Waals surface area contributed by atoms with Crippen molar-refractivity contribution in [1.82, 2.24) is 4.90 Å². The Labute approximate surface area is 150 Å². The van der Waals surface area contributed by atoms with E-state index < -0.39 is 11.9 Å². The van der Waals surface area contributed by atoms with E-state index in [1.165, 1.54) is 0 Å². The zero-order valence-corrected chi connectivity index (χ0v) is 14.6. The maximum absolute atomic E-state index is 12.7. The van der Waals surface area contributed by atoms with Crippen LogP contribution in [-0.2, 0) is 14.3 Å². The number of hydrogen-bond acceptors (Lipinski definition) is 3. The normalized spacial score (nSPS) is 27.2. The molecular formula is C17H19Cl2NO4. The smallest absolute Gasteiger partial charge is 0.306 e.